The average molecular weight is 115 g/mol. The summed E-state index contributed by atoms with van der Waals surface area (Å²) in [5, 5.41) is 0. The second-order valence-corrected chi connectivity index (χ2v) is 1.04. The molecular weight excluding hydrogens is 112 g/mol. The predicted molar refractivity (Wildman–Crippen MR) is 21.8 cm³/mol. The first-order valence-electron chi connectivity index (χ1n) is 1.19. The van der Waals surface area contributed by atoms with Crippen molar-refractivity contribution >= 4 is 14.7 Å². The van der Waals surface area contributed by atoms with Crippen LogP contribution >= 0.6 is 8.86 Å². The van der Waals surface area contributed by atoms with E-state index in [4.69, 9.17) is 0 Å². The van der Waals surface area contributed by atoms with Crippen LogP contribution in [0.15, 0.2) is 0 Å². The summed E-state index contributed by atoms with van der Waals surface area (Å²) in [7, 11) is 1.47. The number of hydrogen-bond donors (Lipinski definition) is 0. The molecule has 0 saturated heterocycles. The molecule has 0 nitrogen and oxygen atoms in total. The Morgan fingerprint density at radius 3 is 1.50 bits per heavy atom. The van der Waals surface area contributed by atoms with Crippen LogP contribution in [0.4, 0.5) is 13.2 Å². The van der Waals surface area contributed by atoms with Crippen molar-refractivity contribution in [3.8, 4) is 0 Å². The topological polar surface area (TPSA) is 0 Å². The van der Waals surface area contributed by atoms with Crippen LogP contribution in [0.25, 0.3) is 0 Å². The molecule has 0 radical (unpaired) electrons. The maximum atomic E-state index is 10.7. The molecule has 0 bridgehead atoms. The summed E-state index contributed by atoms with van der Waals surface area (Å²) in [5.41, 5.74) is 0. The standard InChI is InChI=1S/C2H2F3P/c3-2(4,5)1-6/h1,6H/p+1. The SMILES string of the molecule is FC(F)(F)C=[PH2+]. The first-order valence-corrected chi connectivity index (χ1v) is 1.86. The van der Waals surface area contributed by atoms with Gasteiger partial charge in [-0.15, -0.1) is 0 Å². The summed E-state index contributed by atoms with van der Waals surface area (Å²) in [6.45, 7) is 0. The molecular formula is C2H3F3P+. The second kappa shape index (κ2) is 1.61. The van der Waals surface area contributed by atoms with Gasteiger partial charge in [0.15, 0.2) is 5.80 Å². The zero-order valence-corrected chi connectivity index (χ0v) is 3.94. The summed E-state index contributed by atoms with van der Waals surface area (Å²) in [5.74, 6) is 0.104. The molecule has 1 unspecified atom stereocenters. The quantitative estimate of drug-likeness (QED) is 0.416. The normalized spacial score (nSPS) is 11.2. The van der Waals surface area contributed by atoms with Crippen molar-refractivity contribution in [1.29, 1.82) is 0 Å². The van der Waals surface area contributed by atoms with Crippen molar-refractivity contribution in [3.05, 3.63) is 0 Å². The highest BCUT2D eigenvalue weighted by atomic mass is 31.0. The van der Waals surface area contributed by atoms with Gasteiger partial charge in [-0.05, 0) is 0 Å². The van der Waals surface area contributed by atoms with Gasteiger partial charge < -0.3 is 0 Å². The van der Waals surface area contributed by atoms with E-state index in [0.29, 0.717) is 0 Å². The van der Waals surface area contributed by atoms with E-state index in [1.54, 1.807) is 0 Å². The number of alkyl halides is 3. The third-order valence-corrected chi connectivity index (χ3v) is 0.567. The maximum absolute atomic E-state index is 10.7. The van der Waals surface area contributed by atoms with E-state index in [0.717, 1.165) is 0 Å². The van der Waals surface area contributed by atoms with Gasteiger partial charge in [0.1, 0.15) is 0 Å². The van der Waals surface area contributed by atoms with Gasteiger partial charge in [-0.2, -0.15) is 13.2 Å². The molecule has 6 heavy (non-hydrogen) atoms. The molecule has 0 heterocycles. The van der Waals surface area contributed by atoms with E-state index in [1.807, 2.05) is 0 Å². The van der Waals surface area contributed by atoms with Gasteiger partial charge in [-0.1, -0.05) is 0 Å². The van der Waals surface area contributed by atoms with Crippen LogP contribution in [0.3, 0.4) is 0 Å². The van der Waals surface area contributed by atoms with Gasteiger partial charge in [-0.25, -0.2) is 0 Å². The molecule has 36 valence electrons. The molecule has 0 N–H and O–H groups in total. The molecule has 4 heteroatoms. The largest absolute Gasteiger partial charge is 0.448 e. The first kappa shape index (κ1) is 5.96. The molecule has 0 aliphatic carbocycles. The summed E-state index contributed by atoms with van der Waals surface area (Å²) in [4.78, 5) is 0. The molecule has 0 fully saturated rings. The highest BCUT2D eigenvalue weighted by Gasteiger charge is 2.24. The fourth-order valence-corrected chi connectivity index (χ4v) is 0. The Labute approximate surface area is 35.2 Å². The molecule has 0 rings (SSSR count). The van der Waals surface area contributed by atoms with E-state index >= 15 is 0 Å². The Hall–Kier alpha value is -0.0400. The minimum absolute atomic E-state index is 0.104. The highest BCUT2D eigenvalue weighted by molar-refractivity contribution is 7.18. The van der Waals surface area contributed by atoms with Gasteiger partial charge >= 0.3 is 6.18 Å². The second-order valence-electron chi connectivity index (χ2n) is 0.708. The molecule has 0 aromatic rings. The van der Waals surface area contributed by atoms with E-state index in [9.17, 15) is 13.2 Å². The van der Waals surface area contributed by atoms with Crippen LogP contribution in [0.1, 0.15) is 0 Å². The minimum atomic E-state index is -4.12. The van der Waals surface area contributed by atoms with E-state index in [-0.39, 0.29) is 5.80 Å². The van der Waals surface area contributed by atoms with Crippen LogP contribution < -0.4 is 0 Å². The van der Waals surface area contributed by atoms with Crippen molar-refractivity contribution in [1.82, 2.24) is 0 Å². The summed E-state index contributed by atoms with van der Waals surface area (Å²) in [6.07, 6.45) is -4.12. The molecule has 0 aromatic carbocycles. The Kier molecular flexibility index (Phi) is 1.59. The van der Waals surface area contributed by atoms with Crippen LogP contribution in [-0.2, 0) is 0 Å². The lowest BCUT2D eigenvalue weighted by molar-refractivity contribution is -0.0515. The van der Waals surface area contributed by atoms with Crippen LogP contribution in [0, 0.1) is 0 Å². The average Bonchev–Trinajstić information content (AvgIpc) is 1.35. The van der Waals surface area contributed by atoms with Crippen molar-refractivity contribution in [2.24, 2.45) is 0 Å². The molecule has 0 saturated carbocycles. The van der Waals surface area contributed by atoms with E-state index in [1.165, 1.54) is 8.86 Å². The van der Waals surface area contributed by atoms with Crippen LogP contribution in [0.5, 0.6) is 0 Å². The first-order chi connectivity index (χ1) is 2.56. The lowest BCUT2D eigenvalue weighted by Crippen LogP contribution is -2.05. The monoisotopic (exact) mass is 115 g/mol. The minimum Gasteiger partial charge on any atom is -0.163 e. The Bertz CT molecular complexity index is 54.3. The van der Waals surface area contributed by atoms with Crippen molar-refractivity contribution in [2.45, 2.75) is 6.18 Å². The molecule has 0 spiro atoms. The number of hydrogen-bond acceptors (Lipinski definition) is 0. The lowest BCUT2D eigenvalue weighted by Gasteiger charge is -1.87. The molecule has 0 aromatic heterocycles. The van der Waals surface area contributed by atoms with Gasteiger partial charge in [0.25, 0.3) is 0 Å². The van der Waals surface area contributed by atoms with Crippen molar-refractivity contribution in [2.75, 3.05) is 0 Å². The summed E-state index contributed by atoms with van der Waals surface area (Å²) >= 11 is 0. The van der Waals surface area contributed by atoms with Gasteiger partial charge in [-0.3, -0.25) is 0 Å². The summed E-state index contributed by atoms with van der Waals surface area (Å²) < 4.78 is 32.1. The van der Waals surface area contributed by atoms with Gasteiger partial charge in [0.2, 0.25) is 0 Å². The third-order valence-electron chi connectivity index (χ3n) is 0.189. The van der Waals surface area contributed by atoms with Gasteiger partial charge in [0.05, 0.1) is 8.86 Å². The van der Waals surface area contributed by atoms with Crippen molar-refractivity contribution < 1.29 is 13.2 Å². The zero-order chi connectivity index (χ0) is 5.21. The Balaban J connectivity index is 3.45. The Morgan fingerprint density at radius 2 is 1.50 bits per heavy atom. The summed E-state index contributed by atoms with van der Waals surface area (Å²) in [6, 6.07) is 0. The van der Waals surface area contributed by atoms with E-state index in [2.05, 4.69) is 0 Å². The molecule has 0 aliphatic rings. The van der Waals surface area contributed by atoms with E-state index < -0.39 is 6.18 Å². The Morgan fingerprint density at radius 1 is 1.33 bits per heavy atom. The van der Waals surface area contributed by atoms with Crippen molar-refractivity contribution in [3.63, 3.8) is 0 Å². The molecule has 1 atom stereocenters. The van der Waals surface area contributed by atoms with Crippen LogP contribution in [-0.4, -0.2) is 12.0 Å². The zero-order valence-electron chi connectivity index (χ0n) is 2.79. The predicted octanol–water partition coefficient (Wildman–Crippen LogP) is 1.23. The highest BCUT2D eigenvalue weighted by Crippen LogP contribution is 2.10. The number of halogens is 3. The third kappa shape index (κ3) is 3.96. The lowest BCUT2D eigenvalue weighted by atomic mass is 10.8. The number of rotatable bonds is 0. The molecule has 0 amide bonds. The van der Waals surface area contributed by atoms with Crippen LogP contribution in [0.2, 0.25) is 0 Å². The fourth-order valence-electron chi connectivity index (χ4n) is 0. The smallest absolute Gasteiger partial charge is 0.163 e. The maximum Gasteiger partial charge on any atom is 0.448 e. The van der Waals surface area contributed by atoms with Gasteiger partial charge in [0, 0.05) is 0 Å². The molecule has 0 aliphatic heterocycles. The fraction of sp³-hybridized carbons (Fsp3) is 0.500.